The van der Waals surface area contributed by atoms with Crippen molar-refractivity contribution in [3.05, 3.63) is 46.7 Å². The first-order valence-corrected chi connectivity index (χ1v) is 11.4. The minimum absolute atomic E-state index is 0.182. The molecule has 0 spiro atoms. The van der Waals surface area contributed by atoms with Gasteiger partial charge in [0.15, 0.2) is 0 Å². The largest absolute Gasteiger partial charge is 0.466 e. The highest BCUT2D eigenvalue weighted by molar-refractivity contribution is 5.80. The maximum atomic E-state index is 12.9. The van der Waals surface area contributed by atoms with Crippen molar-refractivity contribution in [2.75, 3.05) is 13.2 Å². The molecule has 0 aliphatic carbocycles. The SMILES string of the molecule is CCOC(=O)CCN1C=C(C(C)C)C(C)(c2ccc(CCC(C)(C)C)c(C)c2)NC1=O. The molecule has 0 saturated carbocycles. The molecular weight excluding hydrogens is 388 g/mol. The number of esters is 1. The van der Waals surface area contributed by atoms with Gasteiger partial charge in [0.2, 0.25) is 0 Å². The van der Waals surface area contributed by atoms with Crippen LogP contribution in [0.15, 0.2) is 30.0 Å². The Kier molecular flexibility index (Phi) is 7.96. The summed E-state index contributed by atoms with van der Waals surface area (Å²) in [5.41, 5.74) is 4.54. The number of nitrogens with one attached hydrogen (secondary N) is 1. The summed E-state index contributed by atoms with van der Waals surface area (Å²) in [7, 11) is 0. The Morgan fingerprint density at radius 2 is 1.94 bits per heavy atom. The minimum Gasteiger partial charge on any atom is -0.466 e. The van der Waals surface area contributed by atoms with E-state index in [4.69, 9.17) is 4.74 Å². The third-order valence-corrected chi connectivity index (χ3v) is 6.04. The number of benzene rings is 1. The van der Waals surface area contributed by atoms with Gasteiger partial charge in [-0.05, 0) is 67.2 Å². The second-order valence-corrected chi connectivity index (χ2v) is 10.2. The number of ether oxygens (including phenoxy) is 1. The van der Waals surface area contributed by atoms with E-state index in [0.29, 0.717) is 18.6 Å². The molecule has 0 aromatic heterocycles. The van der Waals surface area contributed by atoms with E-state index in [-0.39, 0.29) is 24.3 Å². The van der Waals surface area contributed by atoms with Gasteiger partial charge in [0.05, 0.1) is 18.6 Å². The van der Waals surface area contributed by atoms with Crippen molar-refractivity contribution in [1.29, 1.82) is 0 Å². The van der Waals surface area contributed by atoms with Crippen LogP contribution in [-0.2, 0) is 21.5 Å². The molecule has 1 atom stereocenters. The van der Waals surface area contributed by atoms with Crippen LogP contribution in [0.3, 0.4) is 0 Å². The first-order valence-electron chi connectivity index (χ1n) is 11.4. The number of carbonyl (C=O) groups excluding carboxylic acids is 2. The second kappa shape index (κ2) is 9.88. The Morgan fingerprint density at radius 1 is 1.26 bits per heavy atom. The summed E-state index contributed by atoms with van der Waals surface area (Å²) >= 11 is 0. The van der Waals surface area contributed by atoms with Gasteiger partial charge in [-0.25, -0.2) is 4.79 Å². The Morgan fingerprint density at radius 3 is 2.48 bits per heavy atom. The maximum absolute atomic E-state index is 12.9. The number of carbonyl (C=O) groups is 2. The number of nitrogens with zero attached hydrogens (tertiary/aromatic N) is 1. The highest BCUT2D eigenvalue weighted by atomic mass is 16.5. The normalized spacial score (nSPS) is 19.3. The Balaban J connectivity index is 2.30. The summed E-state index contributed by atoms with van der Waals surface area (Å²) in [6.07, 6.45) is 4.29. The van der Waals surface area contributed by atoms with Crippen LogP contribution in [0.25, 0.3) is 0 Å². The summed E-state index contributed by atoms with van der Waals surface area (Å²) in [5.74, 6) is -0.0545. The molecule has 0 bridgehead atoms. The number of hydrogen-bond acceptors (Lipinski definition) is 3. The molecule has 5 heteroatoms. The van der Waals surface area contributed by atoms with Gasteiger partial charge in [-0.15, -0.1) is 0 Å². The van der Waals surface area contributed by atoms with Crippen molar-refractivity contribution in [1.82, 2.24) is 10.2 Å². The molecule has 5 nitrogen and oxygen atoms in total. The number of urea groups is 1. The van der Waals surface area contributed by atoms with Crippen LogP contribution in [-0.4, -0.2) is 30.1 Å². The molecule has 1 aromatic carbocycles. The van der Waals surface area contributed by atoms with E-state index >= 15 is 0 Å². The molecule has 1 unspecified atom stereocenters. The van der Waals surface area contributed by atoms with E-state index in [1.54, 1.807) is 11.8 Å². The van der Waals surface area contributed by atoms with Crippen LogP contribution in [0.4, 0.5) is 4.79 Å². The topological polar surface area (TPSA) is 58.6 Å². The van der Waals surface area contributed by atoms with Gasteiger partial charge in [-0.2, -0.15) is 0 Å². The quantitative estimate of drug-likeness (QED) is 0.540. The van der Waals surface area contributed by atoms with Crippen molar-refractivity contribution in [2.45, 2.75) is 80.2 Å². The zero-order chi connectivity index (χ0) is 23.4. The molecule has 1 aliphatic heterocycles. The Bertz CT molecular complexity index is 836. The summed E-state index contributed by atoms with van der Waals surface area (Å²) < 4.78 is 5.00. The van der Waals surface area contributed by atoms with Gasteiger partial charge in [-0.3, -0.25) is 4.79 Å². The molecule has 2 amide bonds. The van der Waals surface area contributed by atoms with Gasteiger partial charge in [0, 0.05) is 12.7 Å². The number of aryl methyl sites for hydroxylation is 2. The van der Waals surface area contributed by atoms with E-state index in [2.05, 4.69) is 72.0 Å². The van der Waals surface area contributed by atoms with Gasteiger partial charge in [0.25, 0.3) is 0 Å². The van der Waals surface area contributed by atoms with Crippen LogP contribution >= 0.6 is 0 Å². The highest BCUT2D eigenvalue weighted by Crippen LogP contribution is 2.38. The van der Waals surface area contributed by atoms with Crippen LogP contribution in [0.5, 0.6) is 0 Å². The Hall–Kier alpha value is -2.30. The lowest BCUT2D eigenvalue weighted by atomic mass is 9.77. The lowest BCUT2D eigenvalue weighted by Gasteiger charge is -2.42. The first kappa shape index (κ1) is 25.0. The van der Waals surface area contributed by atoms with E-state index in [0.717, 1.165) is 24.0 Å². The van der Waals surface area contributed by atoms with Crippen molar-refractivity contribution in [3.8, 4) is 0 Å². The fourth-order valence-corrected chi connectivity index (χ4v) is 4.09. The van der Waals surface area contributed by atoms with E-state index in [1.807, 2.05) is 6.20 Å². The van der Waals surface area contributed by atoms with Crippen LogP contribution < -0.4 is 5.32 Å². The van der Waals surface area contributed by atoms with Crippen molar-refractivity contribution < 1.29 is 14.3 Å². The van der Waals surface area contributed by atoms with Gasteiger partial charge >= 0.3 is 12.0 Å². The predicted molar refractivity (Wildman–Crippen MR) is 126 cm³/mol. The van der Waals surface area contributed by atoms with E-state index < -0.39 is 5.54 Å². The van der Waals surface area contributed by atoms with Gasteiger partial charge in [-0.1, -0.05) is 52.8 Å². The molecule has 2 rings (SSSR count). The lowest BCUT2D eigenvalue weighted by Crippen LogP contribution is -2.55. The van der Waals surface area contributed by atoms with E-state index in [9.17, 15) is 9.59 Å². The lowest BCUT2D eigenvalue weighted by molar-refractivity contribution is -0.143. The molecular formula is C26H40N2O3. The predicted octanol–water partition coefficient (Wildman–Crippen LogP) is 5.71. The summed E-state index contributed by atoms with van der Waals surface area (Å²) in [6, 6.07) is 6.38. The number of rotatable bonds is 8. The molecule has 0 fully saturated rings. The highest BCUT2D eigenvalue weighted by Gasteiger charge is 2.39. The minimum atomic E-state index is -0.584. The van der Waals surface area contributed by atoms with Crippen LogP contribution in [0.2, 0.25) is 0 Å². The first-order chi connectivity index (χ1) is 14.4. The van der Waals surface area contributed by atoms with Crippen LogP contribution in [0, 0.1) is 18.3 Å². The summed E-state index contributed by atoms with van der Waals surface area (Å²) in [4.78, 5) is 26.2. The molecule has 0 saturated heterocycles. The average molecular weight is 429 g/mol. The third kappa shape index (κ3) is 6.34. The smallest absolute Gasteiger partial charge is 0.322 e. The van der Waals surface area contributed by atoms with E-state index in [1.165, 1.54) is 11.1 Å². The second-order valence-electron chi connectivity index (χ2n) is 10.2. The zero-order valence-electron chi connectivity index (χ0n) is 20.6. The van der Waals surface area contributed by atoms with Gasteiger partial charge < -0.3 is 15.0 Å². The number of hydrogen-bond donors (Lipinski definition) is 1. The molecule has 1 N–H and O–H groups in total. The van der Waals surface area contributed by atoms with Crippen molar-refractivity contribution in [3.63, 3.8) is 0 Å². The standard InChI is InChI=1S/C26H40N2O3/c1-9-31-23(29)13-15-28-17-22(18(2)3)26(8,27-24(28)30)21-11-10-20(19(4)16-21)12-14-25(5,6)7/h10-11,16-18H,9,12-15H2,1-8H3,(H,27,30). The average Bonchev–Trinajstić information content (AvgIpc) is 2.65. The van der Waals surface area contributed by atoms with Crippen molar-refractivity contribution in [2.24, 2.45) is 11.3 Å². The fraction of sp³-hybridized carbons (Fsp3) is 0.615. The maximum Gasteiger partial charge on any atom is 0.322 e. The Labute approximate surface area is 188 Å². The third-order valence-electron chi connectivity index (χ3n) is 6.04. The molecule has 172 valence electrons. The van der Waals surface area contributed by atoms with Crippen LogP contribution in [0.1, 0.15) is 78.0 Å². The molecule has 31 heavy (non-hydrogen) atoms. The summed E-state index contributed by atoms with van der Waals surface area (Å²) in [6.45, 7) is 17.7. The monoisotopic (exact) mass is 428 g/mol. The fourth-order valence-electron chi connectivity index (χ4n) is 4.09. The van der Waals surface area contributed by atoms with Crippen molar-refractivity contribution >= 4 is 12.0 Å². The molecule has 1 aromatic rings. The molecule has 1 aliphatic rings. The summed E-state index contributed by atoms with van der Waals surface area (Å²) in [5, 5.41) is 3.22. The zero-order valence-corrected chi connectivity index (χ0v) is 20.6. The molecule has 0 radical (unpaired) electrons. The van der Waals surface area contributed by atoms with Gasteiger partial charge in [0.1, 0.15) is 0 Å². The number of amides is 2. The molecule has 1 heterocycles.